The Morgan fingerprint density at radius 2 is 2.37 bits per heavy atom. The molecule has 2 rings (SSSR count). The molecule has 4 heteroatoms. The number of hydrogen-bond donors (Lipinski definition) is 1. The summed E-state index contributed by atoms with van der Waals surface area (Å²) in [4.78, 5) is 0. The molecule has 3 nitrogen and oxygen atoms in total. The van der Waals surface area contributed by atoms with Crippen LogP contribution in [0.25, 0.3) is 0 Å². The van der Waals surface area contributed by atoms with Gasteiger partial charge in [0.05, 0.1) is 6.10 Å². The van der Waals surface area contributed by atoms with Crippen molar-refractivity contribution in [1.82, 2.24) is 5.32 Å². The van der Waals surface area contributed by atoms with Gasteiger partial charge < -0.3 is 14.8 Å². The molecule has 1 heterocycles. The molecule has 1 aromatic carbocycles. The maximum atomic E-state index is 5.94. The van der Waals surface area contributed by atoms with Crippen LogP contribution in [0.1, 0.15) is 25.3 Å². The van der Waals surface area contributed by atoms with Crippen molar-refractivity contribution in [2.24, 2.45) is 0 Å². The molecule has 0 aliphatic carbocycles. The van der Waals surface area contributed by atoms with Crippen LogP contribution in [0, 0.1) is 6.92 Å². The van der Waals surface area contributed by atoms with Crippen LogP contribution in [-0.2, 0) is 4.74 Å². The normalized spacial score (nSPS) is 20.5. The Morgan fingerprint density at radius 3 is 3.05 bits per heavy atom. The summed E-state index contributed by atoms with van der Waals surface area (Å²) in [6, 6.07) is 6.09. The van der Waals surface area contributed by atoms with E-state index in [0.29, 0.717) is 6.10 Å². The number of ether oxygens (including phenoxy) is 2. The van der Waals surface area contributed by atoms with Crippen molar-refractivity contribution in [2.45, 2.75) is 38.9 Å². The Hall–Kier alpha value is -0.580. The van der Waals surface area contributed by atoms with Crippen molar-refractivity contribution >= 4 is 15.9 Å². The fourth-order valence-electron chi connectivity index (χ4n) is 2.26. The summed E-state index contributed by atoms with van der Waals surface area (Å²) in [5.41, 5.74) is 1.15. The largest absolute Gasteiger partial charge is 0.489 e. The zero-order chi connectivity index (χ0) is 13.7. The first-order chi connectivity index (χ1) is 9.15. The van der Waals surface area contributed by atoms with Gasteiger partial charge in [0.15, 0.2) is 0 Å². The number of aryl methyl sites for hydroxylation is 1. The van der Waals surface area contributed by atoms with Crippen molar-refractivity contribution in [3.05, 3.63) is 28.2 Å². The molecule has 2 unspecified atom stereocenters. The zero-order valence-corrected chi connectivity index (χ0v) is 13.2. The average Bonchev–Trinajstić information content (AvgIpc) is 2.86. The lowest BCUT2D eigenvalue weighted by Crippen LogP contribution is -2.34. The van der Waals surface area contributed by atoms with E-state index in [4.69, 9.17) is 9.47 Å². The summed E-state index contributed by atoms with van der Waals surface area (Å²) in [7, 11) is 0. The molecule has 0 amide bonds. The van der Waals surface area contributed by atoms with Crippen LogP contribution in [-0.4, -0.2) is 31.9 Å². The minimum absolute atomic E-state index is 0.154. The van der Waals surface area contributed by atoms with E-state index in [0.717, 1.165) is 35.5 Å². The van der Waals surface area contributed by atoms with Gasteiger partial charge in [0.25, 0.3) is 0 Å². The SMILES string of the molecule is Cc1cc(Br)ccc1OC(C)CNCC1CCCO1. The molecule has 1 aliphatic rings. The molecule has 0 aromatic heterocycles. The van der Waals surface area contributed by atoms with Crippen LogP contribution in [0.3, 0.4) is 0 Å². The van der Waals surface area contributed by atoms with Gasteiger partial charge in [-0.3, -0.25) is 0 Å². The number of halogens is 1. The third-order valence-electron chi connectivity index (χ3n) is 3.29. The average molecular weight is 328 g/mol. The fourth-order valence-corrected chi connectivity index (χ4v) is 2.73. The molecule has 0 radical (unpaired) electrons. The maximum Gasteiger partial charge on any atom is 0.122 e. The molecule has 2 atom stereocenters. The van der Waals surface area contributed by atoms with Gasteiger partial charge in [0, 0.05) is 24.2 Å². The quantitative estimate of drug-likeness (QED) is 0.869. The van der Waals surface area contributed by atoms with Crippen molar-refractivity contribution < 1.29 is 9.47 Å². The van der Waals surface area contributed by atoms with Crippen LogP contribution in [0.4, 0.5) is 0 Å². The van der Waals surface area contributed by atoms with E-state index in [9.17, 15) is 0 Å². The van der Waals surface area contributed by atoms with Gasteiger partial charge >= 0.3 is 0 Å². The Kier molecular flexibility index (Phi) is 5.67. The Bertz CT molecular complexity index is 405. The molecular formula is C15H22BrNO2. The highest BCUT2D eigenvalue weighted by molar-refractivity contribution is 9.10. The molecule has 1 N–H and O–H groups in total. The molecule has 0 bridgehead atoms. The summed E-state index contributed by atoms with van der Waals surface area (Å²) in [5, 5.41) is 3.42. The van der Waals surface area contributed by atoms with Gasteiger partial charge in [-0.15, -0.1) is 0 Å². The molecule has 0 saturated carbocycles. The fraction of sp³-hybridized carbons (Fsp3) is 0.600. The van der Waals surface area contributed by atoms with Gasteiger partial charge in [-0.05, 0) is 50.5 Å². The minimum Gasteiger partial charge on any atom is -0.489 e. The third kappa shape index (κ3) is 4.79. The first kappa shape index (κ1) is 14.8. The van der Waals surface area contributed by atoms with E-state index >= 15 is 0 Å². The minimum atomic E-state index is 0.154. The third-order valence-corrected chi connectivity index (χ3v) is 3.79. The summed E-state index contributed by atoms with van der Waals surface area (Å²) in [6.07, 6.45) is 2.91. The molecule has 1 aromatic rings. The van der Waals surface area contributed by atoms with Crippen LogP contribution in [0.2, 0.25) is 0 Å². The predicted molar refractivity (Wildman–Crippen MR) is 80.8 cm³/mol. The summed E-state index contributed by atoms with van der Waals surface area (Å²) in [6.45, 7) is 6.83. The Morgan fingerprint density at radius 1 is 1.53 bits per heavy atom. The highest BCUT2D eigenvalue weighted by Crippen LogP contribution is 2.23. The van der Waals surface area contributed by atoms with Crippen molar-refractivity contribution in [1.29, 1.82) is 0 Å². The number of hydrogen-bond acceptors (Lipinski definition) is 3. The van der Waals surface area contributed by atoms with E-state index in [2.05, 4.69) is 41.2 Å². The predicted octanol–water partition coefficient (Wildman–Crippen LogP) is 3.29. The number of rotatable bonds is 6. The van der Waals surface area contributed by atoms with E-state index < -0.39 is 0 Å². The smallest absolute Gasteiger partial charge is 0.122 e. The maximum absolute atomic E-state index is 5.94. The first-order valence-electron chi connectivity index (χ1n) is 6.90. The van der Waals surface area contributed by atoms with Gasteiger partial charge in [0.1, 0.15) is 11.9 Å². The number of nitrogens with one attached hydrogen (secondary N) is 1. The topological polar surface area (TPSA) is 30.5 Å². The van der Waals surface area contributed by atoms with Gasteiger partial charge in [-0.25, -0.2) is 0 Å². The lowest BCUT2D eigenvalue weighted by molar-refractivity contribution is 0.106. The van der Waals surface area contributed by atoms with Crippen LogP contribution < -0.4 is 10.1 Å². The summed E-state index contributed by atoms with van der Waals surface area (Å²) in [5.74, 6) is 0.953. The second-order valence-corrected chi connectivity index (χ2v) is 6.05. The molecule has 1 saturated heterocycles. The van der Waals surface area contributed by atoms with E-state index in [1.54, 1.807) is 0 Å². The van der Waals surface area contributed by atoms with Crippen LogP contribution in [0.15, 0.2) is 22.7 Å². The first-order valence-corrected chi connectivity index (χ1v) is 7.69. The molecule has 19 heavy (non-hydrogen) atoms. The van der Waals surface area contributed by atoms with Gasteiger partial charge in [-0.1, -0.05) is 15.9 Å². The van der Waals surface area contributed by atoms with Gasteiger partial charge in [0.2, 0.25) is 0 Å². The second kappa shape index (κ2) is 7.27. The lowest BCUT2D eigenvalue weighted by atomic mass is 10.2. The van der Waals surface area contributed by atoms with Crippen LogP contribution >= 0.6 is 15.9 Å². The highest BCUT2D eigenvalue weighted by Gasteiger charge is 2.15. The van der Waals surface area contributed by atoms with E-state index in [1.165, 1.54) is 12.8 Å². The molecule has 1 fully saturated rings. The lowest BCUT2D eigenvalue weighted by Gasteiger charge is -2.18. The summed E-state index contributed by atoms with van der Waals surface area (Å²) >= 11 is 3.46. The summed E-state index contributed by atoms with van der Waals surface area (Å²) < 4.78 is 12.6. The molecule has 106 valence electrons. The zero-order valence-electron chi connectivity index (χ0n) is 11.6. The van der Waals surface area contributed by atoms with E-state index in [-0.39, 0.29) is 6.10 Å². The monoisotopic (exact) mass is 327 g/mol. The Balaban J connectivity index is 1.72. The van der Waals surface area contributed by atoms with E-state index in [1.807, 2.05) is 12.1 Å². The van der Waals surface area contributed by atoms with Crippen molar-refractivity contribution in [3.8, 4) is 5.75 Å². The standard InChI is InChI=1S/C15H22BrNO2/c1-11-8-13(16)5-6-15(11)19-12(2)9-17-10-14-4-3-7-18-14/h5-6,8,12,14,17H,3-4,7,9-10H2,1-2H3. The number of benzene rings is 1. The van der Waals surface area contributed by atoms with Crippen molar-refractivity contribution in [3.63, 3.8) is 0 Å². The van der Waals surface area contributed by atoms with Crippen molar-refractivity contribution in [2.75, 3.05) is 19.7 Å². The molecule has 0 spiro atoms. The van der Waals surface area contributed by atoms with Gasteiger partial charge in [-0.2, -0.15) is 0 Å². The molecule has 1 aliphatic heterocycles. The highest BCUT2D eigenvalue weighted by atomic mass is 79.9. The second-order valence-electron chi connectivity index (χ2n) is 5.13. The Labute approximate surface area is 123 Å². The van der Waals surface area contributed by atoms with Crippen LogP contribution in [0.5, 0.6) is 5.75 Å². The molecular weight excluding hydrogens is 306 g/mol.